The minimum atomic E-state index is -0.364. The Morgan fingerprint density at radius 3 is 2.81 bits per heavy atom. The van der Waals surface area contributed by atoms with Gasteiger partial charge in [-0.15, -0.1) is 0 Å². The number of aromatic amines is 1. The molecule has 2 aromatic rings. The van der Waals surface area contributed by atoms with Crippen molar-refractivity contribution >= 4 is 22.6 Å². The highest BCUT2D eigenvalue weighted by molar-refractivity contribution is 6.02. The normalized spacial score (nSPS) is 18.8. The summed E-state index contributed by atoms with van der Waals surface area (Å²) in [6.07, 6.45) is 4.00. The monoisotopic (exact) mass is 287 g/mol. The molecular weight excluding hydrogens is 266 g/mol. The smallest absolute Gasteiger partial charge is 0.359 e. The van der Waals surface area contributed by atoms with Crippen LogP contribution in [0.1, 0.15) is 50.0 Å². The van der Waals surface area contributed by atoms with E-state index < -0.39 is 0 Å². The first-order valence-electron chi connectivity index (χ1n) is 7.39. The predicted octanol–water partition coefficient (Wildman–Crippen LogP) is 3.27. The number of fused-ring (bicyclic) bond motifs is 1. The van der Waals surface area contributed by atoms with E-state index in [2.05, 4.69) is 24.0 Å². The van der Waals surface area contributed by atoms with Gasteiger partial charge in [0, 0.05) is 11.1 Å². The molecule has 3 rings (SSSR count). The molecule has 1 aromatic carbocycles. The molecule has 1 aliphatic rings. The molecule has 5 nitrogen and oxygen atoms in total. The van der Waals surface area contributed by atoms with E-state index in [1.54, 1.807) is 12.1 Å². The SMILES string of the molecule is CC1(C)CCC(OC(=O)c2n[nH]c3ccc(N)cc23)CC1. The van der Waals surface area contributed by atoms with E-state index in [1.165, 1.54) is 0 Å². The largest absolute Gasteiger partial charge is 0.458 e. The molecule has 1 heterocycles. The number of aromatic nitrogens is 2. The fraction of sp³-hybridized carbons (Fsp3) is 0.500. The molecule has 1 fully saturated rings. The summed E-state index contributed by atoms with van der Waals surface area (Å²) < 4.78 is 5.61. The number of carbonyl (C=O) groups is 1. The maximum Gasteiger partial charge on any atom is 0.359 e. The van der Waals surface area contributed by atoms with Gasteiger partial charge in [0.1, 0.15) is 6.10 Å². The Morgan fingerprint density at radius 1 is 1.38 bits per heavy atom. The number of benzene rings is 1. The zero-order valence-corrected chi connectivity index (χ0v) is 12.5. The molecule has 0 spiro atoms. The Hall–Kier alpha value is -2.04. The summed E-state index contributed by atoms with van der Waals surface area (Å²) in [5, 5.41) is 7.63. The molecule has 0 bridgehead atoms. The average Bonchev–Trinajstić information content (AvgIpc) is 2.84. The number of nitrogen functional groups attached to an aromatic ring is 1. The highest BCUT2D eigenvalue weighted by atomic mass is 16.5. The first-order valence-corrected chi connectivity index (χ1v) is 7.39. The van der Waals surface area contributed by atoms with E-state index >= 15 is 0 Å². The van der Waals surface area contributed by atoms with Crippen molar-refractivity contribution in [2.24, 2.45) is 5.41 Å². The minimum Gasteiger partial charge on any atom is -0.458 e. The molecule has 0 atom stereocenters. The zero-order chi connectivity index (χ0) is 15.0. The van der Waals surface area contributed by atoms with Crippen LogP contribution in [0.2, 0.25) is 0 Å². The molecule has 1 saturated carbocycles. The molecule has 21 heavy (non-hydrogen) atoms. The van der Waals surface area contributed by atoms with Gasteiger partial charge in [-0.2, -0.15) is 5.10 Å². The van der Waals surface area contributed by atoms with Crippen LogP contribution in [-0.2, 0) is 4.74 Å². The lowest BCUT2D eigenvalue weighted by Gasteiger charge is -2.33. The van der Waals surface area contributed by atoms with E-state index in [9.17, 15) is 4.79 Å². The quantitative estimate of drug-likeness (QED) is 0.656. The lowest BCUT2D eigenvalue weighted by Crippen LogP contribution is -2.28. The Labute approximate surface area is 123 Å². The molecule has 1 aliphatic carbocycles. The van der Waals surface area contributed by atoms with Gasteiger partial charge in [-0.05, 0) is 49.3 Å². The molecule has 0 saturated heterocycles. The van der Waals surface area contributed by atoms with Crippen molar-refractivity contribution in [2.75, 3.05) is 5.73 Å². The topological polar surface area (TPSA) is 81.0 Å². The maximum absolute atomic E-state index is 12.3. The lowest BCUT2D eigenvalue weighted by atomic mass is 9.76. The number of hydrogen-bond acceptors (Lipinski definition) is 4. The Bertz CT molecular complexity index is 665. The lowest BCUT2D eigenvalue weighted by molar-refractivity contribution is 0.00911. The third-order valence-corrected chi connectivity index (χ3v) is 4.34. The molecule has 0 aliphatic heterocycles. The molecule has 0 unspecified atom stereocenters. The summed E-state index contributed by atoms with van der Waals surface area (Å²) in [5.41, 5.74) is 7.85. The van der Waals surface area contributed by atoms with Crippen molar-refractivity contribution in [3.8, 4) is 0 Å². The summed E-state index contributed by atoms with van der Waals surface area (Å²) in [5.74, 6) is -0.364. The second kappa shape index (κ2) is 5.06. The van der Waals surface area contributed by atoms with Gasteiger partial charge in [0.25, 0.3) is 0 Å². The summed E-state index contributed by atoms with van der Waals surface area (Å²) in [7, 11) is 0. The molecular formula is C16H21N3O2. The van der Waals surface area contributed by atoms with Crippen molar-refractivity contribution in [3.05, 3.63) is 23.9 Å². The van der Waals surface area contributed by atoms with Crippen LogP contribution in [0.3, 0.4) is 0 Å². The number of rotatable bonds is 2. The van der Waals surface area contributed by atoms with Crippen molar-refractivity contribution < 1.29 is 9.53 Å². The van der Waals surface area contributed by atoms with E-state index in [0.29, 0.717) is 16.8 Å². The number of H-pyrrole nitrogens is 1. The van der Waals surface area contributed by atoms with Crippen LogP contribution >= 0.6 is 0 Å². The highest BCUT2D eigenvalue weighted by Gasteiger charge is 2.29. The Kier molecular flexibility index (Phi) is 3.35. The molecule has 5 heteroatoms. The number of nitrogens with one attached hydrogen (secondary N) is 1. The van der Waals surface area contributed by atoms with E-state index in [4.69, 9.17) is 10.5 Å². The van der Waals surface area contributed by atoms with Gasteiger partial charge < -0.3 is 10.5 Å². The van der Waals surface area contributed by atoms with Crippen LogP contribution in [0.5, 0.6) is 0 Å². The second-order valence-electron chi connectivity index (χ2n) is 6.65. The fourth-order valence-electron chi connectivity index (χ4n) is 2.89. The molecule has 0 amide bonds. The van der Waals surface area contributed by atoms with Crippen LogP contribution in [0.25, 0.3) is 10.9 Å². The van der Waals surface area contributed by atoms with Crippen molar-refractivity contribution in [1.29, 1.82) is 0 Å². The van der Waals surface area contributed by atoms with Crippen molar-refractivity contribution in [3.63, 3.8) is 0 Å². The van der Waals surface area contributed by atoms with Gasteiger partial charge in [0.05, 0.1) is 5.52 Å². The number of nitrogens with zero attached hydrogens (tertiary/aromatic N) is 1. The summed E-state index contributed by atoms with van der Waals surface area (Å²) in [6, 6.07) is 5.34. The maximum atomic E-state index is 12.3. The van der Waals surface area contributed by atoms with Crippen LogP contribution in [0, 0.1) is 5.41 Å². The summed E-state index contributed by atoms with van der Waals surface area (Å²) in [4.78, 5) is 12.3. The third-order valence-electron chi connectivity index (χ3n) is 4.34. The number of anilines is 1. The van der Waals surface area contributed by atoms with Gasteiger partial charge in [-0.25, -0.2) is 4.79 Å². The number of hydrogen-bond donors (Lipinski definition) is 2. The predicted molar refractivity (Wildman–Crippen MR) is 82.0 cm³/mol. The average molecular weight is 287 g/mol. The Balaban J connectivity index is 1.74. The number of carbonyl (C=O) groups excluding carboxylic acids is 1. The standard InChI is InChI=1S/C16H21N3O2/c1-16(2)7-5-11(6-8-16)21-15(20)14-12-9-10(17)3-4-13(12)18-19-14/h3-4,9,11H,5-8,17H2,1-2H3,(H,18,19). The zero-order valence-electron chi connectivity index (χ0n) is 12.5. The van der Waals surface area contributed by atoms with Crippen molar-refractivity contribution in [2.45, 2.75) is 45.6 Å². The van der Waals surface area contributed by atoms with Gasteiger partial charge in [0.2, 0.25) is 0 Å². The molecule has 3 N–H and O–H groups in total. The van der Waals surface area contributed by atoms with Gasteiger partial charge in [-0.1, -0.05) is 13.8 Å². The van der Waals surface area contributed by atoms with Crippen molar-refractivity contribution in [1.82, 2.24) is 10.2 Å². The summed E-state index contributed by atoms with van der Waals surface area (Å²) in [6.45, 7) is 4.52. The van der Waals surface area contributed by atoms with E-state index in [0.717, 1.165) is 36.6 Å². The Morgan fingerprint density at radius 2 is 2.10 bits per heavy atom. The highest BCUT2D eigenvalue weighted by Crippen LogP contribution is 2.36. The van der Waals surface area contributed by atoms with Gasteiger partial charge in [0.15, 0.2) is 5.69 Å². The third kappa shape index (κ3) is 2.86. The van der Waals surface area contributed by atoms with Crippen LogP contribution in [0.15, 0.2) is 18.2 Å². The van der Waals surface area contributed by atoms with Gasteiger partial charge >= 0.3 is 5.97 Å². The van der Waals surface area contributed by atoms with Gasteiger partial charge in [-0.3, -0.25) is 5.10 Å². The first-order chi connectivity index (χ1) is 9.94. The summed E-state index contributed by atoms with van der Waals surface area (Å²) >= 11 is 0. The first kappa shape index (κ1) is 13.9. The number of nitrogens with two attached hydrogens (primary N) is 1. The number of ether oxygens (including phenoxy) is 1. The van der Waals surface area contributed by atoms with Crippen LogP contribution in [-0.4, -0.2) is 22.3 Å². The molecule has 0 radical (unpaired) electrons. The molecule has 112 valence electrons. The fourth-order valence-corrected chi connectivity index (χ4v) is 2.89. The second-order valence-corrected chi connectivity index (χ2v) is 6.65. The van der Waals surface area contributed by atoms with Crippen LogP contribution in [0.4, 0.5) is 5.69 Å². The minimum absolute atomic E-state index is 0.00154. The van der Waals surface area contributed by atoms with E-state index in [-0.39, 0.29) is 12.1 Å². The molecule has 1 aromatic heterocycles. The van der Waals surface area contributed by atoms with E-state index in [1.807, 2.05) is 6.07 Å². The van der Waals surface area contributed by atoms with Crippen LogP contribution < -0.4 is 5.73 Å². The number of esters is 1.